The molecule has 238 valence electrons. The van der Waals surface area contributed by atoms with Crippen molar-refractivity contribution in [1.29, 1.82) is 5.26 Å². The minimum Gasteiger partial charge on any atom is -0.399 e. The number of amides is 2. The molecule has 2 aliphatic carbocycles. The van der Waals surface area contributed by atoms with E-state index in [1.807, 2.05) is 49.4 Å². The highest BCUT2D eigenvalue weighted by atomic mass is 16.2. The van der Waals surface area contributed by atoms with Crippen LogP contribution in [0.5, 0.6) is 0 Å². The van der Waals surface area contributed by atoms with E-state index in [0.717, 1.165) is 51.8 Å². The maximum absolute atomic E-state index is 13.3. The lowest BCUT2D eigenvalue weighted by Gasteiger charge is -2.35. The molecule has 4 atom stereocenters. The number of carbonyl (C=O) groups excluding carboxylic acids is 2. The molecule has 2 unspecified atom stereocenters. The first-order valence-electron chi connectivity index (χ1n) is 16.1. The van der Waals surface area contributed by atoms with Gasteiger partial charge in [0.2, 0.25) is 11.8 Å². The number of hydrogen-bond acceptors (Lipinski definition) is 7. The van der Waals surface area contributed by atoms with Gasteiger partial charge in [-0.3, -0.25) is 9.59 Å². The number of H-pyrrole nitrogens is 1. The van der Waals surface area contributed by atoms with Crippen LogP contribution < -0.4 is 16.8 Å². The third kappa shape index (κ3) is 5.36. The fourth-order valence-electron chi connectivity index (χ4n) is 7.63. The Balaban J connectivity index is 1.32. The van der Waals surface area contributed by atoms with Crippen molar-refractivity contribution in [2.75, 3.05) is 13.1 Å². The van der Waals surface area contributed by atoms with Gasteiger partial charge in [0, 0.05) is 22.9 Å². The quantitative estimate of drug-likeness (QED) is 0.205. The number of nitrogens with zero attached hydrogens (tertiary/aromatic N) is 4. The third-order valence-electron chi connectivity index (χ3n) is 10.2. The van der Waals surface area contributed by atoms with Crippen LogP contribution in [0.2, 0.25) is 0 Å². The molecule has 1 saturated carbocycles. The van der Waals surface area contributed by atoms with Crippen molar-refractivity contribution >= 4 is 17.5 Å². The van der Waals surface area contributed by atoms with Crippen LogP contribution in [0.25, 0.3) is 17.1 Å². The summed E-state index contributed by atoms with van der Waals surface area (Å²) in [6.45, 7) is 6.61. The summed E-state index contributed by atoms with van der Waals surface area (Å²) in [4.78, 5) is 30.9. The SMILES string of the molecule is C=C(N)c1ccc2c(c1)CCc1cc(C(N)=O)ccc1C2(CCNCC(=O)N1C(C#N)C[C@@H]2C[C@@H]21)c1nnc(-c2ccc(C)cc2)[nH]1. The number of piperidine rings is 1. The van der Waals surface area contributed by atoms with Crippen LogP contribution in [-0.4, -0.2) is 57.1 Å². The zero-order valence-electron chi connectivity index (χ0n) is 26.4. The molecular weight excluding hydrogens is 588 g/mol. The largest absolute Gasteiger partial charge is 0.399 e. The maximum atomic E-state index is 13.3. The van der Waals surface area contributed by atoms with Crippen molar-refractivity contribution in [1.82, 2.24) is 25.4 Å². The van der Waals surface area contributed by atoms with Gasteiger partial charge in [-0.25, -0.2) is 0 Å². The zero-order chi connectivity index (χ0) is 32.9. The summed E-state index contributed by atoms with van der Waals surface area (Å²) >= 11 is 0. The fraction of sp³-hybridized carbons (Fsp3) is 0.324. The number of aromatic nitrogens is 3. The van der Waals surface area contributed by atoms with Crippen molar-refractivity contribution < 1.29 is 9.59 Å². The molecule has 10 nitrogen and oxygen atoms in total. The summed E-state index contributed by atoms with van der Waals surface area (Å²) in [5, 5.41) is 22.4. The van der Waals surface area contributed by atoms with Gasteiger partial charge in [-0.2, -0.15) is 5.26 Å². The number of rotatable bonds is 9. The second kappa shape index (κ2) is 11.8. The first-order valence-corrected chi connectivity index (χ1v) is 16.1. The molecular formula is C37H38N8O2. The van der Waals surface area contributed by atoms with Crippen LogP contribution in [0.4, 0.5) is 0 Å². The minimum absolute atomic E-state index is 0.0456. The van der Waals surface area contributed by atoms with E-state index in [-0.39, 0.29) is 24.5 Å². The highest BCUT2D eigenvalue weighted by Gasteiger charge is 2.54. The second-order valence-electron chi connectivity index (χ2n) is 13.1. The van der Waals surface area contributed by atoms with Crippen LogP contribution in [0, 0.1) is 24.2 Å². The molecule has 2 fully saturated rings. The summed E-state index contributed by atoms with van der Waals surface area (Å²) < 4.78 is 0. The lowest BCUT2D eigenvalue weighted by Crippen LogP contribution is -2.44. The summed E-state index contributed by atoms with van der Waals surface area (Å²) in [6.07, 6.45) is 3.65. The number of nitriles is 1. The predicted octanol–water partition coefficient (Wildman–Crippen LogP) is 3.73. The average molecular weight is 627 g/mol. The number of hydrogen-bond donors (Lipinski definition) is 4. The third-order valence-corrected chi connectivity index (χ3v) is 10.2. The number of nitrogens with one attached hydrogen (secondary N) is 2. The van der Waals surface area contributed by atoms with E-state index < -0.39 is 11.3 Å². The Morgan fingerprint density at radius 3 is 2.36 bits per heavy atom. The van der Waals surface area contributed by atoms with E-state index in [1.165, 1.54) is 0 Å². The molecule has 7 rings (SSSR count). The van der Waals surface area contributed by atoms with E-state index in [9.17, 15) is 14.9 Å². The minimum atomic E-state index is -0.831. The summed E-state index contributed by atoms with van der Waals surface area (Å²) in [5.41, 5.74) is 19.0. The van der Waals surface area contributed by atoms with Crippen LogP contribution >= 0.6 is 0 Å². The normalized spacial score (nSPS) is 22.4. The molecule has 10 heteroatoms. The Morgan fingerprint density at radius 2 is 1.70 bits per heavy atom. The van der Waals surface area contributed by atoms with Gasteiger partial charge in [0.1, 0.15) is 11.9 Å². The number of fused-ring (bicyclic) bond motifs is 3. The first-order chi connectivity index (χ1) is 22.7. The molecule has 0 spiro atoms. The fourth-order valence-corrected chi connectivity index (χ4v) is 7.63. The number of benzene rings is 3. The average Bonchev–Trinajstić information content (AvgIpc) is 3.50. The van der Waals surface area contributed by atoms with Crippen LogP contribution in [0.3, 0.4) is 0 Å². The highest BCUT2D eigenvalue weighted by molar-refractivity contribution is 5.93. The number of nitrogens with two attached hydrogens (primary N) is 2. The highest BCUT2D eigenvalue weighted by Crippen LogP contribution is 2.48. The monoisotopic (exact) mass is 626 g/mol. The Morgan fingerprint density at radius 1 is 1.02 bits per heavy atom. The molecule has 6 N–H and O–H groups in total. The van der Waals surface area contributed by atoms with E-state index >= 15 is 0 Å². The molecule has 2 amide bonds. The Labute approximate surface area is 273 Å². The number of carbonyl (C=O) groups is 2. The molecule has 3 aromatic carbocycles. The van der Waals surface area contributed by atoms with Crippen molar-refractivity contribution in [2.24, 2.45) is 17.4 Å². The summed E-state index contributed by atoms with van der Waals surface area (Å²) in [5.74, 6) is 1.22. The number of aryl methyl sites for hydroxylation is 3. The van der Waals surface area contributed by atoms with Crippen molar-refractivity contribution in [3.8, 4) is 17.5 Å². The zero-order valence-corrected chi connectivity index (χ0v) is 26.4. The van der Waals surface area contributed by atoms with Crippen LogP contribution in [-0.2, 0) is 23.1 Å². The lowest BCUT2D eigenvalue weighted by atomic mass is 9.69. The number of primary amides is 1. The topological polar surface area (TPSA) is 167 Å². The first kappa shape index (κ1) is 30.4. The van der Waals surface area contributed by atoms with Crippen molar-refractivity contribution in [3.05, 3.63) is 112 Å². The molecule has 1 aliphatic heterocycles. The summed E-state index contributed by atoms with van der Waals surface area (Å²) in [6, 6.07) is 22.1. The number of likely N-dealkylation sites (tertiary alicyclic amines) is 1. The Kier molecular flexibility index (Phi) is 7.65. The van der Waals surface area contributed by atoms with Crippen LogP contribution in [0.15, 0.2) is 67.2 Å². The Hall–Kier alpha value is -5.27. The second-order valence-corrected chi connectivity index (χ2v) is 13.1. The van der Waals surface area contributed by atoms with Gasteiger partial charge in [-0.05, 0) is 97.5 Å². The molecule has 1 saturated heterocycles. The molecule has 2 heterocycles. The van der Waals surface area contributed by atoms with Gasteiger partial charge in [-0.1, -0.05) is 54.6 Å². The number of aromatic amines is 1. The van der Waals surface area contributed by atoms with E-state index in [4.69, 9.17) is 16.6 Å². The van der Waals surface area contributed by atoms with E-state index in [0.29, 0.717) is 54.6 Å². The van der Waals surface area contributed by atoms with Gasteiger partial charge >= 0.3 is 0 Å². The van der Waals surface area contributed by atoms with Gasteiger partial charge < -0.3 is 26.7 Å². The van der Waals surface area contributed by atoms with E-state index in [2.05, 4.69) is 40.2 Å². The Bertz CT molecular complexity index is 1870. The summed E-state index contributed by atoms with van der Waals surface area (Å²) in [7, 11) is 0. The molecule has 4 aromatic rings. The molecule has 3 aliphatic rings. The van der Waals surface area contributed by atoms with Crippen molar-refractivity contribution in [2.45, 2.75) is 56.5 Å². The van der Waals surface area contributed by atoms with Crippen LogP contribution in [0.1, 0.15) is 68.8 Å². The van der Waals surface area contributed by atoms with Gasteiger partial charge in [0.05, 0.1) is 18.0 Å². The van der Waals surface area contributed by atoms with Crippen molar-refractivity contribution in [3.63, 3.8) is 0 Å². The lowest BCUT2D eigenvalue weighted by molar-refractivity contribution is -0.131. The van der Waals surface area contributed by atoms with Gasteiger partial charge in [0.15, 0.2) is 5.82 Å². The molecule has 0 bridgehead atoms. The molecule has 47 heavy (non-hydrogen) atoms. The van der Waals surface area contributed by atoms with Gasteiger partial charge in [0.25, 0.3) is 0 Å². The maximum Gasteiger partial charge on any atom is 0.248 e. The van der Waals surface area contributed by atoms with Gasteiger partial charge in [-0.15, -0.1) is 10.2 Å². The predicted molar refractivity (Wildman–Crippen MR) is 179 cm³/mol. The molecule has 0 radical (unpaired) electrons. The standard InChI is InChI=1S/C37H38N8O2/c1-21-3-5-23(6-4-21)35-42-36(44-43-35)37(13-14-41-20-33(46)45-29(19-38)17-28-18-32(28)45)30-11-9-24(22(2)39)15-25(30)7-8-26-16-27(34(40)47)10-12-31(26)37/h3-6,9-12,15-16,28-29,32,41H,2,7-8,13-14,17-18,20,39H2,1H3,(H2,40,47)(H,42,43,44)/t28-,29?,32+,37?/m1/s1. The van der Waals surface area contributed by atoms with E-state index in [1.54, 1.807) is 11.0 Å². The molecule has 1 aromatic heterocycles. The smallest absolute Gasteiger partial charge is 0.248 e.